The number of hydrogen-bond acceptors (Lipinski definition) is 4. The second-order valence-corrected chi connectivity index (χ2v) is 10.9. The SMILES string of the molecule is CC1(C)[C@@H]2CC[C@@]1(C)c1nc3ccc(S(=O)(=O)Nc4ccccc4Cl)cc3nc12. The molecule has 3 aromatic rings. The zero-order valence-electron chi connectivity index (χ0n) is 16.5. The van der Waals surface area contributed by atoms with Crippen molar-refractivity contribution in [3.8, 4) is 0 Å². The highest BCUT2D eigenvalue weighted by Gasteiger charge is 2.61. The van der Waals surface area contributed by atoms with Crippen LogP contribution >= 0.6 is 11.6 Å². The van der Waals surface area contributed by atoms with Gasteiger partial charge in [-0.05, 0) is 48.6 Å². The van der Waals surface area contributed by atoms with Crippen molar-refractivity contribution in [3.63, 3.8) is 0 Å². The average molecular weight is 428 g/mol. The van der Waals surface area contributed by atoms with Crippen LogP contribution in [0.25, 0.3) is 11.0 Å². The van der Waals surface area contributed by atoms with Crippen LogP contribution in [0.5, 0.6) is 0 Å². The fourth-order valence-corrected chi connectivity index (χ4v) is 6.35. The molecule has 5 rings (SSSR count). The molecule has 2 aliphatic carbocycles. The van der Waals surface area contributed by atoms with E-state index in [1.807, 2.05) is 0 Å². The largest absolute Gasteiger partial charge is 0.278 e. The molecular weight excluding hydrogens is 406 g/mol. The lowest BCUT2D eigenvalue weighted by Crippen LogP contribution is -2.31. The highest BCUT2D eigenvalue weighted by atomic mass is 35.5. The normalized spacial score (nSPS) is 24.6. The molecule has 7 heteroatoms. The van der Waals surface area contributed by atoms with E-state index < -0.39 is 10.0 Å². The molecule has 0 saturated heterocycles. The predicted molar refractivity (Wildman–Crippen MR) is 115 cm³/mol. The predicted octanol–water partition coefficient (Wildman–Crippen LogP) is 5.26. The number of nitrogens with zero attached hydrogens (tertiary/aromatic N) is 2. The Kier molecular flexibility index (Phi) is 3.84. The molecule has 1 saturated carbocycles. The van der Waals surface area contributed by atoms with E-state index >= 15 is 0 Å². The minimum atomic E-state index is -3.79. The van der Waals surface area contributed by atoms with Crippen molar-refractivity contribution >= 4 is 38.3 Å². The van der Waals surface area contributed by atoms with Crippen LogP contribution in [0.1, 0.15) is 50.9 Å². The molecule has 0 amide bonds. The van der Waals surface area contributed by atoms with Gasteiger partial charge in [-0.3, -0.25) is 4.72 Å². The number of hydrogen-bond donors (Lipinski definition) is 1. The summed E-state index contributed by atoms with van der Waals surface area (Å²) in [6.45, 7) is 6.87. The van der Waals surface area contributed by atoms with Gasteiger partial charge in [-0.25, -0.2) is 18.4 Å². The van der Waals surface area contributed by atoms with E-state index in [2.05, 4.69) is 25.5 Å². The van der Waals surface area contributed by atoms with E-state index in [4.69, 9.17) is 21.6 Å². The first-order valence-corrected chi connectivity index (χ1v) is 11.6. The molecule has 2 aromatic carbocycles. The molecule has 2 atom stereocenters. The van der Waals surface area contributed by atoms with Gasteiger partial charge in [0.2, 0.25) is 0 Å². The number of aromatic nitrogens is 2. The Morgan fingerprint density at radius 2 is 1.83 bits per heavy atom. The Morgan fingerprint density at radius 1 is 1.07 bits per heavy atom. The van der Waals surface area contributed by atoms with E-state index in [9.17, 15) is 8.42 Å². The van der Waals surface area contributed by atoms with Crippen LogP contribution in [0.15, 0.2) is 47.4 Å². The molecule has 0 unspecified atom stereocenters. The molecule has 2 aliphatic rings. The zero-order chi connectivity index (χ0) is 20.6. The first-order valence-electron chi connectivity index (χ1n) is 9.73. The van der Waals surface area contributed by atoms with Crippen LogP contribution in [0.3, 0.4) is 0 Å². The van der Waals surface area contributed by atoms with Gasteiger partial charge in [0.25, 0.3) is 10.0 Å². The topological polar surface area (TPSA) is 72.0 Å². The number of nitrogens with one attached hydrogen (secondary N) is 1. The monoisotopic (exact) mass is 427 g/mol. The third kappa shape index (κ3) is 2.55. The third-order valence-electron chi connectivity index (χ3n) is 7.17. The molecule has 0 spiro atoms. The fourth-order valence-electron chi connectivity index (χ4n) is 5.01. The standard InChI is InChI=1S/C22H22ClN3O2S/c1-21(2)14-10-11-22(21,3)20-19(14)24-18-12-13(8-9-17(18)25-20)29(27,28)26-16-7-5-4-6-15(16)23/h4-9,12,14,26H,10-11H2,1-3H3/t14-,22+/m1/s1. The van der Waals surface area contributed by atoms with Crippen LogP contribution in [-0.2, 0) is 15.4 Å². The van der Waals surface area contributed by atoms with Crippen molar-refractivity contribution in [1.82, 2.24) is 9.97 Å². The van der Waals surface area contributed by atoms with Gasteiger partial charge in [0.15, 0.2) is 0 Å². The van der Waals surface area contributed by atoms with Crippen molar-refractivity contribution in [3.05, 3.63) is 58.9 Å². The van der Waals surface area contributed by atoms with Crippen molar-refractivity contribution in [2.24, 2.45) is 5.41 Å². The minimum Gasteiger partial charge on any atom is -0.278 e. The smallest absolute Gasteiger partial charge is 0.262 e. The summed E-state index contributed by atoms with van der Waals surface area (Å²) < 4.78 is 28.3. The molecule has 5 nitrogen and oxygen atoms in total. The summed E-state index contributed by atoms with van der Waals surface area (Å²) in [5, 5.41) is 0.348. The van der Waals surface area contributed by atoms with Gasteiger partial charge in [-0.2, -0.15) is 0 Å². The number of sulfonamides is 1. The van der Waals surface area contributed by atoms with E-state index in [0.29, 0.717) is 22.1 Å². The summed E-state index contributed by atoms with van der Waals surface area (Å²) in [7, 11) is -3.79. The summed E-state index contributed by atoms with van der Waals surface area (Å²) in [6, 6.07) is 11.7. The third-order valence-corrected chi connectivity index (χ3v) is 8.86. The van der Waals surface area contributed by atoms with Crippen LogP contribution in [-0.4, -0.2) is 18.4 Å². The van der Waals surface area contributed by atoms with E-state index in [1.54, 1.807) is 42.5 Å². The van der Waals surface area contributed by atoms with Gasteiger partial charge in [-0.15, -0.1) is 0 Å². The number of rotatable bonds is 3. The van der Waals surface area contributed by atoms with Crippen LogP contribution in [0.2, 0.25) is 5.02 Å². The van der Waals surface area contributed by atoms with Gasteiger partial charge in [0.05, 0.1) is 38.0 Å². The average Bonchev–Trinajstić information content (AvgIpc) is 3.00. The molecule has 29 heavy (non-hydrogen) atoms. The van der Waals surface area contributed by atoms with Crippen LogP contribution in [0.4, 0.5) is 5.69 Å². The van der Waals surface area contributed by atoms with Gasteiger partial charge in [0, 0.05) is 11.3 Å². The van der Waals surface area contributed by atoms with Crippen molar-refractivity contribution in [2.75, 3.05) is 4.72 Å². The molecule has 1 fully saturated rings. The quantitative estimate of drug-likeness (QED) is 0.618. The van der Waals surface area contributed by atoms with Gasteiger partial charge < -0.3 is 0 Å². The first kappa shape index (κ1) is 18.8. The fraction of sp³-hybridized carbons (Fsp3) is 0.364. The Morgan fingerprint density at radius 3 is 2.59 bits per heavy atom. The Balaban J connectivity index is 1.59. The van der Waals surface area contributed by atoms with Crippen LogP contribution in [0, 0.1) is 5.41 Å². The molecule has 1 heterocycles. The number of para-hydroxylation sites is 1. The summed E-state index contributed by atoms with van der Waals surface area (Å²) in [4.78, 5) is 9.97. The van der Waals surface area contributed by atoms with Gasteiger partial charge in [-0.1, -0.05) is 44.5 Å². The van der Waals surface area contributed by atoms with Gasteiger partial charge >= 0.3 is 0 Å². The Bertz CT molecular complexity index is 1270. The maximum absolute atomic E-state index is 12.9. The Labute approximate surface area is 175 Å². The highest BCUT2D eigenvalue weighted by Crippen LogP contribution is 2.66. The van der Waals surface area contributed by atoms with Crippen molar-refractivity contribution in [1.29, 1.82) is 0 Å². The maximum Gasteiger partial charge on any atom is 0.262 e. The second kappa shape index (κ2) is 5.92. The van der Waals surface area contributed by atoms with Crippen molar-refractivity contribution in [2.45, 2.75) is 49.8 Å². The highest BCUT2D eigenvalue weighted by molar-refractivity contribution is 7.92. The summed E-state index contributed by atoms with van der Waals surface area (Å²) >= 11 is 6.10. The molecule has 1 aromatic heterocycles. The van der Waals surface area contributed by atoms with Gasteiger partial charge in [0.1, 0.15) is 0 Å². The number of anilines is 1. The van der Waals surface area contributed by atoms with E-state index in [-0.39, 0.29) is 15.7 Å². The Hall–Kier alpha value is -2.18. The summed E-state index contributed by atoms with van der Waals surface area (Å²) in [5.74, 6) is 0.362. The lowest BCUT2D eigenvalue weighted by Gasteiger charge is -2.34. The molecule has 150 valence electrons. The zero-order valence-corrected chi connectivity index (χ0v) is 18.1. The van der Waals surface area contributed by atoms with Crippen molar-refractivity contribution < 1.29 is 8.42 Å². The second-order valence-electron chi connectivity index (χ2n) is 8.84. The molecule has 0 aliphatic heterocycles. The molecular formula is C22H22ClN3O2S. The molecule has 1 N–H and O–H groups in total. The lowest BCUT2D eigenvalue weighted by molar-refractivity contribution is 0.227. The number of benzene rings is 2. The maximum atomic E-state index is 12.9. The minimum absolute atomic E-state index is 0.0184. The number of fused-ring (bicyclic) bond motifs is 6. The summed E-state index contributed by atoms with van der Waals surface area (Å²) in [6.07, 6.45) is 2.22. The van der Waals surface area contributed by atoms with E-state index in [1.165, 1.54) is 0 Å². The number of halogens is 1. The van der Waals surface area contributed by atoms with E-state index in [0.717, 1.165) is 29.7 Å². The lowest BCUT2D eigenvalue weighted by atomic mass is 9.70. The summed E-state index contributed by atoms with van der Waals surface area (Å²) in [5.41, 5.74) is 3.92. The first-order chi connectivity index (χ1) is 13.6. The molecule has 2 bridgehead atoms. The van der Waals surface area contributed by atoms with Crippen LogP contribution < -0.4 is 4.72 Å². The molecule has 0 radical (unpaired) electrons.